The summed E-state index contributed by atoms with van der Waals surface area (Å²) < 4.78 is 28.1. The van der Waals surface area contributed by atoms with Gasteiger partial charge in [0.15, 0.2) is 0 Å². The molecule has 4 aromatic rings. The number of hydrogen-bond donors (Lipinski definition) is 1. The molecule has 0 unspecified atom stereocenters. The molecule has 37 heavy (non-hydrogen) atoms. The van der Waals surface area contributed by atoms with Gasteiger partial charge in [0, 0.05) is 55.8 Å². The Morgan fingerprint density at radius 1 is 1.27 bits per heavy atom. The van der Waals surface area contributed by atoms with E-state index in [4.69, 9.17) is 0 Å². The number of sulfonamides is 1. The molecule has 4 rings (SSSR count). The van der Waals surface area contributed by atoms with E-state index in [9.17, 15) is 23.8 Å². The van der Waals surface area contributed by atoms with E-state index >= 15 is 0 Å². The smallest absolute Gasteiger partial charge is 0.278 e. The number of rotatable bonds is 9. The molecule has 0 aliphatic rings. The highest BCUT2D eigenvalue weighted by molar-refractivity contribution is 7.89. The lowest BCUT2D eigenvalue weighted by Crippen LogP contribution is -2.26. The molecule has 0 saturated heterocycles. The van der Waals surface area contributed by atoms with E-state index in [1.54, 1.807) is 54.0 Å². The monoisotopic (exact) mass is 518 g/mol. The fourth-order valence-corrected chi connectivity index (χ4v) is 4.79. The first kappa shape index (κ1) is 25.3. The maximum Gasteiger partial charge on any atom is 0.278 e. The summed E-state index contributed by atoms with van der Waals surface area (Å²) in [5.74, 6) is 0. The Labute approximate surface area is 212 Å². The van der Waals surface area contributed by atoms with Gasteiger partial charge in [-0.2, -0.15) is 28.7 Å². The minimum atomic E-state index is -4.31. The third-order valence-corrected chi connectivity index (χ3v) is 6.90. The predicted octanol–water partition coefficient (Wildman–Crippen LogP) is 2.89. The molecule has 0 bridgehead atoms. The molecule has 0 saturated carbocycles. The lowest BCUT2D eigenvalue weighted by Gasteiger charge is -2.22. The van der Waals surface area contributed by atoms with Gasteiger partial charge in [-0.3, -0.25) is 15.1 Å². The van der Waals surface area contributed by atoms with Crippen LogP contribution in [0.4, 0.5) is 11.4 Å². The number of aromatic nitrogens is 3. The average molecular weight is 519 g/mol. The number of nitriles is 1. The molecule has 0 aliphatic carbocycles. The van der Waals surface area contributed by atoms with Gasteiger partial charge in [0.05, 0.1) is 39.7 Å². The van der Waals surface area contributed by atoms with Crippen LogP contribution in [0.3, 0.4) is 0 Å². The van der Waals surface area contributed by atoms with Gasteiger partial charge in [-0.15, -0.1) is 0 Å². The van der Waals surface area contributed by atoms with E-state index in [1.165, 1.54) is 18.3 Å². The fraction of sp³-hybridized carbons (Fsp3) is 0.167. The van der Waals surface area contributed by atoms with Crippen molar-refractivity contribution in [1.82, 2.24) is 19.4 Å². The Kier molecular flexibility index (Phi) is 7.12. The topological polar surface area (TPSA) is 159 Å². The number of nitrogens with zero attached hydrogens (tertiary/aromatic N) is 7. The number of nitrogens with one attached hydrogen (secondary N) is 1. The summed E-state index contributed by atoms with van der Waals surface area (Å²) in [6, 6.07) is 14.5. The van der Waals surface area contributed by atoms with Crippen LogP contribution in [0.1, 0.15) is 23.7 Å². The largest absolute Gasteiger partial charge is 0.373 e. The Morgan fingerprint density at radius 3 is 2.78 bits per heavy atom. The highest BCUT2D eigenvalue weighted by Gasteiger charge is 2.24. The molecule has 0 spiro atoms. The van der Waals surface area contributed by atoms with Crippen LogP contribution in [0.15, 0.2) is 77.1 Å². The Balaban J connectivity index is 1.64. The lowest BCUT2D eigenvalue weighted by molar-refractivity contribution is -0.385. The van der Waals surface area contributed by atoms with Crippen molar-refractivity contribution in [2.24, 2.45) is 5.10 Å². The molecule has 188 valence electrons. The molecule has 1 aromatic carbocycles. The summed E-state index contributed by atoms with van der Waals surface area (Å²) in [6.07, 6.45) is 5.34. The number of likely N-dealkylation sites (N-methyl/N-ethyl adjacent to an activating group) is 1. The first-order valence-electron chi connectivity index (χ1n) is 11.0. The van der Waals surface area contributed by atoms with Crippen LogP contribution in [0, 0.1) is 21.4 Å². The van der Waals surface area contributed by atoms with Crippen molar-refractivity contribution in [3.05, 3.63) is 94.1 Å². The van der Waals surface area contributed by atoms with Crippen molar-refractivity contribution >= 4 is 32.6 Å². The summed E-state index contributed by atoms with van der Waals surface area (Å²) in [4.78, 5) is 18.6. The summed E-state index contributed by atoms with van der Waals surface area (Å²) in [6.45, 7) is 2.01. The van der Waals surface area contributed by atoms with E-state index in [1.807, 2.05) is 18.2 Å². The van der Waals surface area contributed by atoms with Crippen molar-refractivity contribution in [2.75, 3.05) is 18.5 Å². The summed E-state index contributed by atoms with van der Waals surface area (Å²) in [5.41, 5.74) is 2.54. The molecule has 12 nitrogen and oxygen atoms in total. The van der Waals surface area contributed by atoms with Crippen LogP contribution in [0.2, 0.25) is 0 Å². The normalized spacial score (nSPS) is 11.8. The van der Waals surface area contributed by atoms with Gasteiger partial charge in [0.25, 0.3) is 15.7 Å². The van der Waals surface area contributed by atoms with Gasteiger partial charge in [0.2, 0.25) is 0 Å². The molecule has 0 amide bonds. The highest BCUT2D eigenvalue weighted by Crippen LogP contribution is 2.29. The second-order valence-corrected chi connectivity index (χ2v) is 9.74. The first-order valence-corrected chi connectivity index (χ1v) is 12.5. The van der Waals surface area contributed by atoms with Gasteiger partial charge in [-0.1, -0.05) is 6.07 Å². The lowest BCUT2D eigenvalue weighted by atomic mass is 10.1. The fourth-order valence-electron chi connectivity index (χ4n) is 3.66. The van der Waals surface area contributed by atoms with Crippen molar-refractivity contribution in [3.8, 4) is 6.07 Å². The molecule has 3 heterocycles. The van der Waals surface area contributed by atoms with Gasteiger partial charge < -0.3 is 4.90 Å². The Morgan fingerprint density at radius 2 is 2.08 bits per heavy atom. The molecule has 1 N–H and O–H groups in total. The number of hydrogen-bond acceptors (Lipinski definition) is 9. The second kappa shape index (κ2) is 10.4. The zero-order valence-corrected chi connectivity index (χ0v) is 20.8. The minimum absolute atomic E-state index is 0.275. The van der Waals surface area contributed by atoms with Crippen molar-refractivity contribution in [1.29, 1.82) is 5.26 Å². The third-order valence-electron chi connectivity index (χ3n) is 5.66. The van der Waals surface area contributed by atoms with Crippen LogP contribution < -0.4 is 9.73 Å². The van der Waals surface area contributed by atoms with Gasteiger partial charge in [-0.25, -0.2) is 4.52 Å². The molecular weight excluding hydrogens is 496 g/mol. The maximum absolute atomic E-state index is 13.3. The molecule has 0 atom stereocenters. The van der Waals surface area contributed by atoms with Crippen LogP contribution >= 0.6 is 0 Å². The highest BCUT2D eigenvalue weighted by atomic mass is 32.2. The van der Waals surface area contributed by atoms with Crippen molar-refractivity contribution < 1.29 is 13.3 Å². The van der Waals surface area contributed by atoms with Crippen LogP contribution in [0.25, 0.3) is 5.52 Å². The quantitative estimate of drug-likeness (QED) is 0.201. The minimum Gasteiger partial charge on any atom is -0.373 e. The van der Waals surface area contributed by atoms with E-state index in [0.717, 1.165) is 11.8 Å². The standard InChI is InChI=1S/C24H22N8O4S/c1-17(21-16-27-31-12-8-18(15-25)13-23(21)31)28-29-37(35,36)24-14-20(32(33)34)6-7-22(24)30(2)11-9-19-5-3-4-10-26-19/h3-8,10,12-14,16,29H,9,11H2,1-2H3/b28-17+. The molecule has 0 aliphatic heterocycles. The van der Waals surface area contributed by atoms with E-state index < -0.39 is 14.9 Å². The van der Waals surface area contributed by atoms with Crippen molar-refractivity contribution in [3.63, 3.8) is 0 Å². The molecule has 13 heteroatoms. The van der Waals surface area contributed by atoms with Gasteiger partial charge in [0.1, 0.15) is 4.90 Å². The molecular formula is C24H22N8O4S. The Bertz CT molecular complexity index is 1640. The van der Waals surface area contributed by atoms with Gasteiger partial charge >= 0.3 is 0 Å². The summed E-state index contributed by atoms with van der Waals surface area (Å²) in [7, 11) is -2.61. The van der Waals surface area contributed by atoms with Crippen LogP contribution in [0.5, 0.6) is 0 Å². The second-order valence-electron chi connectivity index (χ2n) is 8.11. The van der Waals surface area contributed by atoms with Crippen molar-refractivity contribution in [2.45, 2.75) is 18.2 Å². The summed E-state index contributed by atoms with van der Waals surface area (Å²) in [5, 5.41) is 28.8. The maximum atomic E-state index is 13.3. The zero-order chi connectivity index (χ0) is 26.6. The van der Waals surface area contributed by atoms with Crippen LogP contribution in [-0.4, -0.2) is 47.2 Å². The summed E-state index contributed by atoms with van der Waals surface area (Å²) >= 11 is 0. The number of non-ortho nitro benzene ring substituents is 1. The first-order chi connectivity index (χ1) is 17.7. The average Bonchev–Trinajstić information content (AvgIpc) is 3.34. The number of hydrazone groups is 1. The third kappa shape index (κ3) is 5.54. The molecule has 0 radical (unpaired) electrons. The predicted molar refractivity (Wildman–Crippen MR) is 137 cm³/mol. The zero-order valence-electron chi connectivity index (χ0n) is 19.9. The number of anilines is 1. The number of benzene rings is 1. The van der Waals surface area contributed by atoms with Gasteiger partial charge in [-0.05, 0) is 37.3 Å². The molecule has 3 aromatic heterocycles. The van der Waals surface area contributed by atoms with E-state index in [-0.39, 0.29) is 16.3 Å². The van der Waals surface area contributed by atoms with Crippen LogP contribution in [-0.2, 0) is 16.4 Å². The van der Waals surface area contributed by atoms with E-state index in [2.05, 4.69) is 20.0 Å². The SMILES string of the molecule is C/C(=N\NS(=O)(=O)c1cc([N+](=O)[O-])ccc1N(C)CCc1ccccn1)c1cnn2ccc(C#N)cc12. The number of nitro groups is 1. The number of fused-ring (bicyclic) bond motifs is 1. The van der Waals surface area contributed by atoms with E-state index in [0.29, 0.717) is 35.3 Å². The number of pyridine rings is 2. The Hall–Kier alpha value is -4.83. The number of nitro benzene ring substituents is 1. The molecule has 0 fully saturated rings.